The fourth-order valence-corrected chi connectivity index (χ4v) is 10.0. The maximum Gasteiger partial charge on any atom is 0.335 e. The highest BCUT2D eigenvalue weighted by Crippen LogP contribution is 2.74. The zero-order valence-electron chi connectivity index (χ0n) is 24.9. The number of aliphatic hydroxyl groups is 2. The molecular formula is C32H49ClO6. The second kappa shape index (κ2) is 11.1. The van der Waals surface area contributed by atoms with E-state index in [1.165, 1.54) is 6.92 Å². The number of halogens is 1. The van der Waals surface area contributed by atoms with E-state index in [4.69, 9.17) is 21.1 Å². The van der Waals surface area contributed by atoms with Gasteiger partial charge in [0.1, 0.15) is 6.10 Å². The quantitative estimate of drug-likeness (QED) is 0.170. The van der Waals surface area contributed by atoms with Gasteiger partial charge in [-0.3, -0.25) is 4.79 Å². The van der Waals surface area contributed by atoms with Crippen molar-refractivity contribution in [3.8, 4) is 0 Å². The predicted octanol–water partition coefficient (Wildman–Crippen LogP) is 6.32. The highest BCUT2D eigenvalue weighted by Gasteiger charge is 2.70. The van der Waals surface area contributed by atoms with Gasteiger partial charge in [-0.2, -0.15) is 0 Å². The van der Waals surface area contributed by atoms with Gasteiger partial charge in [0, 0.05) is 12.5 Å². The van der Waals surface area contributed by atoms with E-state index in [1.807, 2.05) is 13.8 Å². The van der Waals surface area contributed by atoms with Gasteiger partial charge in [-0.15, -0.1) is 0 Å². The monoisotopic (exact) mass is 564 g/mol. The molecule has 0 saturated heterocycles. The first-order chi connectivity index (χ1) is 18.2. The van der Waals surface area contributed by atoms with Crippen LogP contribution in [0, 0.1) is 39.9 Å². The van der Waals surface area contributed by atoms with Crippen LogP contribution >= 0.6 is 11.6 Å². The van der Waals surface area contributed by atoms with Crippen LogP contribution in [0.5, 0.6) is 0 Å². The van der Waals surface area contributed by atoms with Crippen molar-refractivity contribution < 1.29 is 29.3 Å². The van der Waals surface area contributed by atoms with Crippen molar-refractivity contribution in [1.82, 2.24) is 0 Å². The van der Waals surface area contributed by atoms with E-state index in [0.29, 0.717) is 37.2 Å². The Morgan fingerprint density at radius 1 is 1.05 bits per heavy atom. The summed E-state index contributed by atoms with van der Waals surface area (Å²) in [6.07, 6.45) is 6.55. The summed E-state index contributed by atoms with van der Waals surface area (Å²) < 4.78 is 11.3. The third kappa shape index (κ3) is 5.01. The summed E-state index contributed by atoms with van der Waals surface area (Å²) in [6, 6.07) is -0.245. The molecule has 4 rings (SSSR count). The van der Waals surface area contributed by atoms with E-state index >= 15 is 0 Å². The molecule has 0 spiro atoms. The number of aliphatic hydroxyl groups excluding tert-OH is 2. The summed E-state index contributed by atoms with van der Waals surface area (Å²) in [4.78, 5) is 25.7. The second-order valence-corrected chi connectivity index (χ2v) is 14.1. The van der Waals surface area contributed by atoms with Gasteiger partial charge in [0.2, 0.25) is 0 Å². The van der Waals surface area contributed by atoms with Crippen LogP contribution < -0.4 is 0 Å². The number of alkyl halides is 1. The van der Waals surface area contributed by atoms with Crippen LogP contribution in [0.4, 0.5) is 0 Å². The lowest BCUT2D eigenvalue weighted by atomic mass is 9.36. The molecule has 39 heavy (non-hydrogen) atoms. The fourth-order valence-electron chi connectivity index (χ4n) is 9.92. The topological polar surface area (TPSA) is 93.1 Å². The molecule has 6 nitrogen and oxygen atoms in total. The molecule has 10 atom stereocenters. The molecule has 2 N–H and O–H groups in total. The molecule has 1 unspecified atom stereocenters. The van der Waals surface area contributed by atoms with Crippen LogP contribution in [-0.4, -0.2) is 46.5 Å². The number of esters is 2. The van der Waals surface area contributed by atoms with Crippen LogP contribution in [0.2, 0.25) is 0 Å². The Morgan fingerprint density at radius 2 is 1.74 bits per heavy atom. The lowest BCUT2D eigenvalue weighted by molar-refractivity contribution is -0.234. The number of hydrogen-bond acceptors (Lipinski definition) is 6. The number of carbonyl (C=O) groups excluding carboxylic acids is 2. The Morgan fingerprint density at radius 3 is 2.36 bits per heavy atom. The number of allylic oxidation sites excluding steroid dienone is 2. The van der Waals surface area contributed by atoms with Crippen molar-refractivity contribution in [1.29, 1.82) is 0 Å². The summed E-state index contributed by atoms with van der Waals surface area (Å²) in [5, 5.41) is 22.7. The number of carbonyl (C=O) groups is 2. The Bertz CT molecular complexity index is 1030. The van der Waals surface area contributed by atoms with Gasteiger partial charge in [0.25, 0.3) is 0 Å². The summed E-state index contributed by atoms with van der Waals surface area (Å²) in [5.74, 6) is -0.340. The normalized spacial score (nSPS) is 44.4. The summed E-state index contributed by atoms with van der Waals surface area (Å²) in [6.45, 7) is 14.6. The predicted molar refractivity (Wildman–Crippen MR) is 152 cm³/mol. The molecular weight excluding hydrogens is 516 g/mol. The Labute approximate surface area is 239 Å². The molecule has 0 aliphatic heterocycles. The summed E-state index contributed by atoms with van der Waals surface area (Å²) in [5.41, 5.74) is 1.91. The molecule has 0 heterocycles. The molecule has 4 aliphatic carbocycles. The Hall–Kier alpha value is -1.37. The van der Waals surface area contributed by atoms with E-state index in [9.17, 15) is 19.8 Å². The molecule has 0 amide bonds. The van der Waals surface area contributed by atoms with E-state index in [1.54, 1.807) is 0 Å². The van der Waals surface area contributed by atoms with Crippen molar-refractivity contribution >= 4 is 23.5 Å². The molecule has 4 saturated carbocycles. The standard InChI is InChI=1S/C32H49ClO6/c1-18(2)9-8-10-21(29(37)38-17-33)27-23-15-25(36)28-30(5)13-12-24(35)19(3)22(30)11-14-31(28,6)32(23,7)16-26(27)39-20(4)34/h9,19,22-26,28,35-36H,8,10-17H2,1-7H3/t19-,22?,23+,24+,25+,26-,28+,30-,31-,32-/m0/s1. The van der Waals surface area contributed by atoms with Crippen molar-refractivity contribution in [3.63, 3.8) is 0 Å². The Balaban J connectivity index is 1.84. The van der Waals surface area contributed by atoms with Crippen LogP contribution in [0.15, 0.2) is 22.8 Å². The minimum Gasteiger partial charge on any atom is -0.458 e. The Kier molecular flexibility index (Phi) is 8.73. The van der Waals surface area contributed by atoms with Crippen LogP contribution in [-0.2, 0) is 19.1 Å². The van der Waals surface area contributed by atoms with Crippen LogP contribution in [0.3, 0.4) is 0 Å². The second-order valence-electron chi connectivity index (χ2n) is 13.9. The van der Waals surface area contributed by atoms with Gasteiger partial charge in [0.05, 0.1) is 12.2 Å². The molecule has 0 aromatic heterocycles. The lowest BCUT2D eigenvalue weighted by Gasteiger charge is -2.69. The largest absolute Gasteiger partial charge is 0.458 e. The van der Waals surface area contributed by atoms with Gasteiger partial charge in [-0.1, -0.05) is 50.9 Å². The summed E-state index contributed by atoms with van der Waals surface area (Å²) >= 11 is 5.84. The average Bonchev–Trinajstić information content (AvgIpc) is 3.11. The maximum atomic E-state index is 13.4. The first-order valence-corrected chi connectivity index (χ1v) is 15.4. The zero-order chi connectivity index (χ0) is 28.9. The molecule has 0 aromatic carbocycles. The van der Waals surface area contributed by atoms with Crippen molar-refractivity contribution in [2.24, 2.45) is 39.9 Å². The first-order valence-electron chi connectivity index (χ1n) is 14.8. The molecule has 0 radical (unpaired) electrons. The van der Waals surface area contributed by atoms with Gasteiger partial charge in [-0.05, 0) is 111 Å². The van der Waals surface area contributed by atoms with E-state index < -0.39 is 18.2 Å². The smallest absolute Gasteiger partial charge is 0.335 e. The highest BCUT2D eigenvalue weighted by atomic mass is 35.5. The van der Waals surface area contributed by atoms with E-state index in [2.05, 4.69) is 33.8 Å². The molecule has 4 fully saturated rings. The molecule has 7 heteroatoms. The van der Waals surface area contributed by atoms with Gasteiger partial charge in [-0.25, -0.2) is 4.79 Å². The third-order valence-electron chi connectivity index (χ3n) is 11.7. The number of hydrogen-bond donors (Lipinski definition) is 2. The summed E-state index contributed by atoms with van der Waals surface area (Å²) in [7, 11) is 0. The van der Waals surface area contributed by atoms with Gasteiger partial charge < -0.3 is 19.7 Å². The minimum absolute atomic E-state index is 0.0567. The average molecular weight is 565 g/mol. The van der Waals surface area contributed by atoms with Gasteiger partial charge in [0.15, 0.2) is 6.07 Å². The van der Waals surface area contributed by atoms with Crippen LogP contribution in [0.1, 0.15) is 99.8 Å². The van der Waals surface area contributed by atoms with E-state index in [-0.39, 0.29) is 52.1 Å². The molecule has 0 bridgehead atoms. The van der Waals surface area contributed by atoms with Crippen molar-refractivity contribution in [2.45, 2.75) is 118 Å². The lowest BCUT2D eigenvalue weighted by Crippen LogP contribution is -2.65. The first kappa shape index (κ1) is 30.6. The number of ether oxygens (including phenoxy) is 2. The van der Waals surface area contributed by atoms with Crippen molar-refractivity contribution in [3.05, 3.63) is 22.8 Å². The highest BCUT2D eigenvalue weighted by molar-refractivity contribution is 6.17. The maximum absolute atomic E-state index is 13.4. The van der Waals surface area contributed by atoms with Crippen LogP contribution in [0.25, 0.3) is 0 Å². The minimum atomic E-state index is -0.558. The molecule has 0 aromatic rings. The fraction of sp³-hybridized carbons (Fsp3) is 0.812. The van der Waals surface area contributed by atoms with Crippen molar-refractivity contribution in [2.75, 3.05) is 6.07 Å². The number of rotatable bonds is 6. The zero-order valence-corrected chi connectivity index (χ0v) is 25.6. The SMILES string of the molecule is CC(=O)O[C@H]1C[C@@]2(C)[C@H](C[C@@H](O)[C@@H]3[C@@]4(C)CC[C@@H](O)[C@@H](C)C4CC[C@@]32C)C1=C(CCC=C(C)C)C(=O)OCCl. The molecule has 220 valence electrons. The molecule has 4 aliphatic rings. The van der Waals surface area contributed by atoms with E-state index in [0.717, 1.165) is 36.8 Å². The third-order valence-corrected chi connectivity index (χ3v) is 11.9. The van der Waals surface area contributed by atoms with Gasteiger partial charge >= 0.3 is 11.9 Å². The number of fused-ring (bicyclic) bond motifs is 5.